The molecule has 19 heavy (non-hydrogen) atoms. The van der Waals surface area contributed by atoms with Gasteiger partial charge in [-0.1, -0.05) is 12.1 Å². The van der Waals surface area contributed by atoms with Crippen molar-refractivity contribution in [2.75, 3.05) is 13.2 Å². The highest BCUT2D eigenvalue weighted by molar-refractivity contribution is 6.32. The van der Waals surface area contributed by atoms with Crippen molar-refractivity contribution in [3.05, 3.63) is 35.6 Å². The Labute approximate surface area is 109 Å². The number of amides is 1. The Morgan fingerprint density at radius 3 is 2.42 bits per heavy atom. The Hall–Kier alpha value is -2.24. The van der Waals surface area contributed by atoms with Crippen LogP contribution >= 0.6 is 0 Å². The highest BCUT2D eigenvalue weighted by atomic mass is 19.1. The van der Waals surface area contributed by atoms with Gasteiger partial charge >= 0.3 is 11.9 Å². The zero-order valence-corrected chi connectivity index (χ0v) is 10.4. The molecule has 0 saturated carbocycles. The number of hydrogen-bond acceptors (Lipinski definition) is 4. The Kier molecular flexibility index (Phi) is 5.66. The number of benzene rings is 1. The van der Waals surface area contributed by atoms with Crippen molar-refractivity contribution < 1.29 is 23.5 Å². The minimum absolute atomic E-state index is 0.0589. The maximum atomic E-state index is 12.6. The molecule has 1 aromatic carbocycles. The summed E-state index contributed by atoms with van der Waals surface area (Å²) >= 11 is 0. The summed E-state index contributed by atoms with van der Waals surface area (Å²) in [7, 11) is 0. The molecule has 0 saturated heterocycles. The fourth-order valence-corrected chi connectivity index (χ4v) is 1.34. The average molecular weight is 267 g/mol. The summed E-state index contributed by atoms with van der Waals surface area (Å²) in [4.78, 5) is 33.6. The second-order valence-corrected chi connectivity index (χ2v) is 3.75. The van der Waals surface area contributed by atoms with Crippen LogP contribution in [0.2, 0.25) is 0 Å². The van der Waals surface area contributed by atoms with Gasteiger partial charge in [0.1, 0.15) is 5.82 Å². The van der Waals surface area contributed by atoms with Gasteiger partial charge in [-0.15, -0.1) is 0 Å². The molecular formula is C13H14FNO4. The molecule has 0 spiro atoms. The number of nitrogens with one attached hydrogen (secondary N) is 1. The molecule has 0 unspecified atom stereocenters. The Balaban J connectivity index is 2.37. The summed E-state index contributed by atoms with van der Waals surface area (Å²) in [5.74, 6) is -2.64. The van der Waals surface area contributed by atoms with Crippen molar-refractivity contribution in [1.82, 2.24) is 5.32 Å². The third-order valence-corrected chi connectivity index (χ3v) is 2.22. The van der Waals surface area contributed by atoms with Crippen LogP contribution in [0, 0.1) is 5.82 Å². The predicted octanol–water partition coefficient (Wildman–Crippen LogP) is 0.617. The van der Waals surface area contributed by atoms with Gasteiger partial charge in [0.25, 0.3) is 0 Å². The standard InChI is InChI=1S/C13H14FNO4/c1-2-19-13(18)12(17)15-8-11(16)7-9-3-5-10(14)6-4-9/h3-6H,2,7-8H2,1H3,(H,15,17). The molecule has 0 radical (unpaired) electrons. The molecule has 1 N–H and O–H groups in total. The smallest absolute Gasteiger partial charge is 0.396 e. The number of carbonyl (C=O) groups is 3. The third-order valence-electron chi connectivity index (χ3n) is 2.22. The van der Waals surface area contributed by atoms with E-state index in [1.165, 1.54) is 24.3 Å². The van der Waals surface area contributed by atoms with Crippen LogP contribution in [0.1, 0.15) is 12.5 Å². The molecule has 6 heteroatoms. The fourth-order valence-electron chi connectivity index (χ4n) is 1.34. The van der Waals surface area contributed by atoms with Crippen molar-refractivity contribution in [1.29, 1.82) is 0 Å². The van der Waals surface area contributed by atoms with E-state index in [2.05, 4.69) is 10.1 Å². The molecule has 5 nitrogen and oxygen atoms in total. The first kappa shape index (κ1) is 14.8. The van der Waals surface area contributed by atoms with E-state index in [-0.39, 0.29) is 31.2 Å². The van der Waals surface area contributed by atoms with Crippen molar-refractivity contribution >= 4 is 17.7 Å². The number of esters is 1. The van der Waals surface area contributed by atoms with Crippen LogP contribution < -0.4 is 5.32 Å². The number of hydrogen-bond donors (Lipinski definition) is 1. The van der Waals surface area contributed by atoms with Gasteiger partial charge in [-0.25, -0.2) is 9.18 Å². The predicted molar refractivity (Wildman–Crippen MR) is 64.8 cm³/mol. The highest BCUT2D eigenvalue weighted by Gasteiger charge is 2.15. The van der Waals surface area contributed by atoms with Crippen molar-refractivity contribution in [2.24, 2.45) is 0 Å². The van der Waals surface area contributed by atoms with Gasteiger partial charge in [-0.2, -0.15) is 0 Å². The van der Waals surface area contributed by atoms with E-state index in [9.17, 15) is 18.8 Å². The zero-order chi connectivity index (χ0) is 14.3. The summed E-state index contributed by atoms with van der Waals surface area (Å²) in [5, 5.41) is 2.16. The van der Waals surface area contributed by atoms with Gasteiger partial charge in [-0.3, -0.25) is 9.59 Å². The van der Waals surface area contributed by atoms with E-state index in [0.29, 0.717) is 5.56 Å². The summed E-state index contributed by atoms with van der Waals surface area (Å²) in [6.45, 7) is 1.40. The third kappa shape index (κ3) is 5.29. The first-order valence-corrected chi connectivity index (χ1v) is 5.74. The normalized spacial score (nSPS) is 9.79. The number of carbonyl (C=O) groups excluding carboxylic acids is 3. The van der Waals surface area contributed by atoms with Crippen LogP contribution in [0.3, 0.4) is 0 Å². The Morgan fingerprint density at radius 2 is 1.84 bits per heavy atom. The lowest BCUT2D eigenvalue weighted by Gasteiger charge is -2.04. The van der Waals surface area contributed by atoms with Crippen LogP contribution in [0.4, 0.5) is 4.39 Å². The minimum atomic E-state index is -1.02. The first-order valence-electron chi connectivity index (χ1n) is 5.74. The SMILES string of the molecule is CCOC(=O)C(=O)NCC(=O)Cc1ccc(F)cc1. The second-order valence-electron chi connectivity index (χ2n) is 3.75. The monoisotopic (exact) mass is 267 g/mol. The molecule has 0 aromatic heterocycles. The van der Waals surface area contributed by atoms with Crippen molar-refractivity contribution in [3.63, 3.8) is 0 Å². The molecule has 0 fully saturated rings. The van der Waals surface area contributed by atoms with Crippen LogP contribution in [-0.2, 0) is 25.5 Å². The van der Waals surface area contributed by atoms with E-state index in [1.807, 2.05) is 0 Å². The molecule has 0 heterocycles. The zero-order valence-electron chi connectivity index (χ0n) is 10.4. The molecule has 1 rings (SSSR count). The number of ketones is 1. The van der Waals surface area contributed by atoms with E-state index >= 15 is 0 Å². The van der Waals surface area contributed by atoms with Gasteiger partial charge in [0.15, 0.2) is 5.78 Å². The number of ether oxygens (including phenoxy) is 1. The number of rotatable bonds is 5. The summed E-state index contributed by atoms with van der Waals surface area (Å²) < 4.78 is 17.1. The average Bonchev–Trinajstić information content (AvgIpc) is 2.39. The Bertz CT molecular complexity index is 470. The van der Waals surface area contributed by atoms with Crippen LogP contribution in [0.25, 0.3) is 0 Å². The molecule has 1 amide bonds. The lowest BCUT2D eigenvalue weighted by atomic mass is 10.1. The quantitative estimate of drug-likeness (QED) is 0.627. The summed E-state index contributed by atoms with van der Waals surface area (Å²) in [6, 6.07) is 5.47. The first-order chi connectivity index (χ1) is 9.02. The minimum Gasteiger partial charge on any atom is -0.459 e. The fraction of sp³-hybridized carbons (Fsp3) is 0.308. The van der Waals surface area contributed by atoms with E-state index in [4.69, 9.17) is 0 Å². The number of halogens is 1. The lowest BCUT2D eigenvalue weighted by molar-refractivity contribution is -0.154. The maximum absolute atomic E-state index is 12.6. The summed E-state index contributed by atoms with van der Waals surface area (Å²) in [5.41, 5.74) is 0.636. The van der Waals surface area contributed by atoms with E-state index in [0.717, 1.165) is 0 Å². The topological polar surface area (TPSA) is 72.5 Å². The molecule has 0 bridgehead atoms. The van der Waals surface area contributed by atoms with E-state index < -0.39 is 11.9 Å². The molecular weight excluding hydrogens is 253 g/mol. The highest BCUT2D eigenvalue weighted by Crippen LogP contribution is 2.03. The van der Waals surface area contributed by atoms with Crippen LogP contribution in [0.15, 0.2) is 24.3 Å². The largest absolute Gasteiger partial charge is 0.459 e. The molecule has 0 aliphatic rings. The number of Topliss-reactive ketones (excluding diaryl/α,β-unsaturated/α-hetero) is 1. The van der Waals surface area contributed by atoms with Gasteiger partial charge in [0, 0.05) is 6.42 Å². The van der Waals surface area contributed by atoms with Crippen LogP contribution in [0.5, 0.6) is 0 Å². The summed E-state index contributed by atoms with van der Waals surface area (Å²) in [6.07, 6.45) is 0.0589. The molecule has 1 aromatic rings. The van der Waals surface area contributed by atoms with Crippen molar-refractivity contribution in [2.45, 2.75) is 13.3 Å². The molecule has 102 valence electrons. The lowest BCUT2D eigenvalue weighted by Crippen LogP contribution is -2.36. The van der Waals surface area contributed by atoms with Gasteiger partial charge < -0.3 is 10.1 Å². The van der Waals surface area contributed by atoms with Crippen molar-refractivity contribution in [3.8, 4) is 0 Å². The molecule has 0 aliphatic heterocycles. The van der Waals surface area contributed by atoms with E-state index in [1.54, 1.807) is 6.92 Å². The molecule has 0 aliphatic carbocycles. The van der Waals surface area contributed by atoms with Gasteiger partial charge in [0.2, 0.25) is 0 Å². The Morgan fingerprint density at radius 1 is 1.21 bits per heavy atom. The second kappa shape index (κ2) is 7.25. The van der Waals surface area contributed by atoms with Crippen LogP contribution in [-0.4, -0.2) is 30.8 Å². The van der Waals surface area contributed by atoms with Gasteiger partial charge in [-0.05, 0) is 24.6 Å². The molecule has 0 atom stereocenters. The maximum Gasteiger partial charge on any atom is 0.396 e. The van der Waals surface area contributed by atoms with Gasteiger partial charge in [0.05, 0.1) is 13.2 Å².